The average molecular weight is 232 g/mol. The van der Waals surface area contributed by atoms with E-state index in [1.54, 1.807) is 18.2 Å². The monoisotopic (exact) mass is 232 g/mol. The van der Waals surface area contributed by atoms with Crippen molar-refractivity contribution in [1.82, 2.24) is 0 Å². The van der Waals surface area contributed by atoms with Crippen molar-refractivity contribution >= 4 is 11.8 Å². The third-order valence-electron chi connectivity index (χ3n) is 1.63. The number of carbonyl (C=O) groups excluding carboxylic acids is 2. The van der Waals surface area contributed by atoms with Crippen molar-refractivity contribution < 1.29 is 27.5 Å². The minimum absolute atomic E-state index is 0.168. The van der Waals surface area contributed by atoms with E-state index in [-0.39, 0.29) is 5.56 Å². The molecule has 0 fully saturated rings. The van der Waals surface area contributed by atoms with Gasteiger partial charge in [-0.05, 0) is 0 Å². The first-order valence-corrected chi connectivity index (χ1v) is 4.25. The van der Waals surface area contributed by atoms with Gasteiger partial charge >= 0.3 is 12.3 Å². The Kier molecular flexibility index (Phi) is 3.65. The summed E-state index contributed by atoms with van der Waals surface area (Å²) in [4.78, 5) is 22.0. The van der Waals surface area contributed by atoms with Crippen molar-refractivity contribution in [3.63, 3.8) is 0 Å². The van der Waals surface area contributed by atoms with Gasteiger partial charge in [-0.1, -0.05) is 30.3 Å². The van der Waals surface area contributed by atoms with Crippen molar-refractivity contribution in [3.05, 3.63) is 35.9 Å². The fourth-order valence-electron chi connectivity index (χ4n) is 1.02. The van der Waals surface area contributed by atoms with E-state index in [0.717, 1.165) is 0 Å². The van der Waals surface area contributed by atoms with Crippen molar-refractivity contribution in [3.8, 4) is 0 Å². The van der Waals surface area contributed by atoms with Crippen LogP contribution in [0.4, 0.5) is 13.2 Å². The topological polar surface area (TPSA) is 43.4 Å². The predicted octanol–water partition coefficient (Wildman–Crippen LogP) is 2.32. The highest BCUT2D eigenvalue weighted by Gasteiger charge is 2.34. The number of Topliss-reactive ketones (excluding diaryl/α,β-unsaturated/α-hetero) is 1. The van der Waals surface area contributed by atoms with E-state index in [4.69, 9.17) is 0 Å². The van der Waals surface area contributed by atoms with E-state index in [9.17, 15) is 22.8 Å². The van der Waals surface area contributed by atoms with Crippen molar-refractivity contribution in [2.24, 2.45) is 0 Å². The number of hydrogen-bond acceptors (Lipinski definition) is 3. The van der Waals surface area contributed by atoms with Gasteiger partial charge in [0.1, 0.15) is 6.42 Å². The minimum Gasteiger partial charge on any atom is -0.373 e. The van der Waals surface area contributed by atoms with Gasteiger partial charge < -0.3 is 4.74 Å². The van der Waals surface area contributed by atoms with Crippen LogP contribution in [0.15, 0.2) is 30.3 Å². The number of ether oxygens (including phenoxy) is 1. The molecule has 16 heavy (non-hydrogen) atoms. The predicted molar refractivity (Wildman–Crippen MR) is 47.5 cm³/mol. The van der Waals surface area contributed by atoms with Crippen LogP contribution in [-0.2, 0) is 9.53 Å². The van der Waals surface area contributed by atoms with E-state index in [1.807, 2.05) is 0 Å². The summed E-state index contributed by atoms with van der Waals surface area (Å²) in [5.41, 5.74) is 0.168. The summed E-state index contributed by atoms with van der Waals surface area (Å²) in [6.45, 7) is 0. The zero-order valence-electron chi connectivity index (χ0n) is 7.95. The van der Waals surface area contributed by atoms with Crippen LogP contribution in [0.3, 0.4) is 0 Å². The van der Waals surface area contributed by atoms with E-state index < -0.39 is 24.5 Å². The molecular formula is C10H7F3O3. The molecule has 0 saturated carbocycles. The molecule has 0 aliphatic rings. The lowest BCUT2D eigenvalue weighted by Gasteiger charge is -2.06. The number of rotatable bonds is 3. The van der Waals surface area contributed by atoms with Gasteiger partial charge in [0.25, 0.3) is 0 Å². The summed E-state index contributed by atoms with van der Waals surface area (Å²) in [5, 5.41) is 0. The van der Waals surface area contributed by atoms with Gasteiger partial charge in [-0.25, -0.2) is 0 Å². The van der Waals surface area contributed by atoms with Crippen molar-refractivity contribution in [2.75, 3.05) is 0 Å². The highest BCUT2D eigenvalue weighted by molar-refractivity contribution is 6.05. The maximum Gasteiger partial charge on any atom is 0.575 e. The number of alkyl halides is 3. The van der Waals surface area contributed by atoms with Gasteiger partial charge in [-0.3, -0.25) is 9.59 Å². The highest BCUT2D eigenvalue weighted by Crippen LogP contribution is 2.17. The molecule has 0 aromatic heterocycles. The zero-order chi connectivity index (χ0) is 12.2. The minimum atomic E-state index is -5.05. The molecule has 0 unspecified atom stereocenters. The average Bonchev–Trinajstić information content (AvgIpc) is 2.16. The standard InChI is InChI=1S/C10H7F3O3/c11-10(12,13)16-9(15)6-8(14)7-4-2-1-3-5-7/h1-5H,6H2. The van der Waals surface area contributed by atoms with E-state index in [1.165, 1.54) is 12.1 Å². The summed E-state index contributed by atoms with van der Waals surface area (Å²) in [6.07, 6.45) is -5.97. The van der Waals surface area contributed by atoms with E-state index in [2.05, 4.69) is 4.74 Å². The summed E-state index contributed by atoms with van der Waals surface area (Å²) in [7, 11) is 0. The first-order chi connectivity index (χ1) is 7.38. The second-order valence-electron chi connectivity index (χ2n) is 2.89. The molecule has 0 aliphatic carbocycles. The fraction of sp³-hybridized carbons (Fsp3) is 0.200. The number of benzene rings is 1. The first-order valence-electron chi connectivity index (χ1n) is 4.25. The molecule has 0 amide bonds. The molecule has 0 saturated heterocycles. The summed E-state index contributed by atoms with van der Waals surface area (Å²) in [5.74, 6) is -2.32. The van der Waals surface area contributed by atoms with Crippen molar-refractivity contribution in [2.45, 2.75) is 12.8 Å². The smallest absolute Gasteiger partial charge is 0.373 e. The Morgan fingerprint density at radius 2 is 1.69 bits per heavy atom. The van der Waals surface area contributed by atoms with Gasteiger partial charge in [0, 0.05) is 5.56 Å². The molecule has 0 aliphatic heterocycles. The van der Waals surface area contributed by atoms with Crippen LogP contribution < -0.4 is 0 Å². The third-order valence-corrected chi connectivity index (χ3v) is 1.63. The lowest BCUT2D eigenvalue weighted by molar-refractivity contribution is -0.305. The van der Waals surface area contributed by atoms with Gasteiger partial charge in [-0.2, -0.15) is 0 Å². The van der Waals surface area contributed by atoms with Crippen molar-refractivity contribution in [1.29, 1.82) is 0 Å². The summed E-state index contributed by atoms with van der Waals surface area (Å²) in [6, 6.07) is 7.54. The molecule has 0 N–H and O–H groups in total. The lowest BCUT2D eigenvalue weighted by Crippen LogP contribution is -2.21. The molecule has 6 heteroatoms. The quantitative estimate of drug-likeness (QED) is 0.456. The van der Waals surface area contributed by atoms with Crippen LogP contribution in [0.5, 0.6) is 0 Å². The Morgan fingerprint density at radius 3 is 2.19 bits per heavy atom. The number of esters is 1. The Balaban J connectivity index is 2.56. The Bertz CT molecular complexity index is 384. The van der Waals surface area contributed by atoms with Crippen LogP contribution in [0.25, 0.3) is 0 Å². The van der Waals surface area contributed by atoms with Crippen LogP contribution in [0.1, 0.15) is 16.8 Å². The molecule has 0 bridgehead atoms. The van der Waals surface area contributed by atoms with Crippen LogP contribution in [-0.4, -0.2) is 18.1 Å². The molecule has 86 valence electrons. The Morgan fingerprint density at radius 1 is 1.12 bits per heavy atom. The molecule has 1 aromatic rings. The first kappa shape index (κ1) is 12.2. The van der Waals surface area contributed by atoms with Gasteiger partial charge in [-0.15, -0.1) is 13.2 Å². The number of hydrogen-bond donors (Lipinski definition) is 0. The van der Waals surface area contributed by atoms with Crippen LogP contribution in [0.2, 0.25) is 0 Å². The molecule has 0 atom stereocenters. The van der Waals surface area contributed by atoms with Crippen LogP contribution >= 0.6 is 0 Å². The Labute approximate surface area is 88.8 Å². The summed E-state index contributed by atoms with van der Waals surface area (Å²) < 4.78 is 37.9. The van der Waals surface area contributed by atoms with E-state index in [0.29, 0.717) is 0 Å². The summed E-state index contributed by atoms with van der Waals surface area (Å²) >= 11 is 0. The molecule has 0 heterocycles. The molecule has 3 nitrogen and oxygen atoms in total. The maximum absolute atomic E-state index is 11.6. The molecule has 0 spiro atoms. The number of ketones is 1. The van der Waals surface area contributed by atoms with Gasteiger partial charge in [0.15, 0.2) is 5.78 Å². The SMILES string of the molecule is O=C(CC(=O)c1ccccc1)OC(F)(F)F. The number of halogens is 3. The molecular weight excluding hydrogens is 225 g/mol. The number of carbonyl (C=O) groups is 2. The zero-order valence-corrected chi connectivity index (χ0v) is 7.95. The maximum atomic E-state index is 11.6. The molecule has 1 aromatic carbocycles. The van der Waals surface area contributed by atoms with Crippen LogP contribution in [0, 0.1) is 0 Å². The molecule has 1 rings (SSSR count). The second-order valence-corrected chi connectivity index (χ2v) is 2.89. The van der Waals surface area contributed by atoms with Gasteiger partial charge in [0.05, 0.1) is 0 Å². The van der Waals surface area contributed by atoms with Gasteiger partial charge in [0.2, 0.25) is 0 Å². The fourth-order valence-corrected chi connectivity index (χ4v) is 1.02. The molecule has 0 radical (unpaired) electrons. The second kappa shape index (κ2) is 4.78. The normalized spacial score (nSPS) is 10.9. The highest BCUT2D eigenvalue weighted by atomic mass is 19.4. The largest absolute Gasteiger partial charge is 0.575 e. The Hall–Kier alpha value is -1.85. The lowest BCUT2D eigenvalue weighted by atomic mass is 10.1. The van der Waals surface area contributed by atoms with E-state index >= 15 is 0 Å². The third kappa shape index (κ3) is 4.12.